The molecule has 4 heteroatoms. The Morgan fingerprint density at radius 2 is 1.75 bits per heavy atom. The summed E-state index contributed by atoms with van der Waals surface area (Å²) >= 11 is 0. The van der Waals surface area contributed by atoms with E-state index in [-0.39, 0.29) is 11.3 Å². The van der Waals surface area contributed by atoms with Crippen molar-refractivity contribution in [3.8, 4) is 0 Å². The highest BCUT2D eigenvalue weighted by atomic mass is 16.2. The zero-order valence-electron chi connectivity index (χ0n) is 11.6. The van der Waals surface area contributed by atoms with E-state index >= 15 is 0 Å². The molecule has 0 aliphatic heterocycles. The van der Waals surface area contributed by atoms with E-state index in [4.69, 9.17) is 0 Å². The first-order valence-corrected chi connectivity index (χ1v) is 5.80. The van der Waals surface area contributed by atoms with Crippen molar-refractivity contribution in [2.75, 3.05) is 47.8 Å². The Bertz CT molecular complexity index is 212. The number of carbonyl (C=O) groups is 1. The summed E-state index contributed by atoms with van der Waals surface area (Å²) in [6, 6.07) is 0. The van der Waals surface area contributed by atoms with E-state index in [0.717, 1.165) is 19.6 Å². The van der Waals surface area contributed by atoms with Crippen LogP contribution in [-0.4, -0.2) is 63.5 Å². The molecule has 0 aromatic heterocycles. The van der Waals surface area contributed by atoms with E-state index < -0.39 is 0 Å². The molecular weight excluding hydrogens is 202 g/mol. The van der Waals surface area contributed by atoms with Crippen LogP contribution in [0, 0.1) is 5.41 Å². The summed E-state index contributed by atoms with van der Waals surface area (Å²) in [4.78, 5) is 15.1. The average Bonchev–Trinajstić information content (AvgIpc) is 2.09. The molecule has 0 saturated carbocycles. The van der Waals surface area contributed by atoms with Crippen molar-refractivity contribution < 1.29 is 4.79 Å². The molecule has 0 aromatic carbocycles. The van der Waals surface area contributed by atoms with Crippen LogP contribution in [0.25, 0.3) is 0 Å². The minimum absolute atomic E-state index is 0.179. The molecule has 96 valence electrons. The lowest BCUT2D eigenvalue weighted by atomic mass is 9.93. The van der Waals surface area contributed by atoms with E-state index in [0.29, 0.717) is 6.42 Å². The lowest BCUT2D eigenvalue weighted by Crippen LogP contribution is -2.38. The molecule has 0 unspecified atom stereocenters. The molecule has 0 aliphatic rings. The van der Waals surface area contributed by atoms with Crippen LogP contribution in [0.2, 0.25) is 0 Å². The second kappa shape index (κ2) is 6.86. The quantitative estimate of drug-likeness (QED) is 0.651. The van der Waals surface area contributed by atoms with E-state index in [1.165, 1.54) is 0 Å². The van der Waals surface area contributed by atoms with Gasteiger partial charge in [0.25, 0.3) is 0 Å². The molecule has 0 heterocycles. The molecule has 0 fully saturated rings. The van der Waals surface area contributed by atoms with Crippen molar-refractivity contribution in [3.63, 3.8) is 0 Å². The molecule has 1 amide bonds. The molecule has 0 spiro atoms. The summed E-state index contributed by atoms with van der Waals surface area (Å²) in [5, 5.41) is 3.34. The Labute approximate surface area is 100.0 Å². The number of hydrogen-bond acceptors (Lipinski definition) is 3. The van der Waals surface area contributed by atoms with Gasteiger partial charge in [-0.05, 0) is 19.5 Å². The fourth-order valence-corrected chi connectivity index (χ4v) is 1.76. The third kappa shape index (κ3) is 7.65. The van der Waals surface area contributed by atoms with Gasteiger partial charge in [0.05, 0.1) is 0 Å². The van der Waals surface area contributed by atoms with E-state index in [2.05, 4.69) is 38.2 Å². The number of amides is 1. The van der Waals surface area contributed by atoms with Gasteiger partial charge in [0.1, 0.15) is 0 Å². The maximum Gasteiger partial charge on any atom is 0.223 e. The van der Waals surface area contributed by atoms with Gasteiger partial charge in [-0.15, -0.1) is 0 Å². The summed E-state index contributed by atoms with van der Waals surface area (Å²) in [7, 11) is 7.74. The number of nitrogens with zero attached hydrogens (tertiary/aromatic N) is 2. The van der Waals surface area contributed by atoms with Gasteiger partial charge in [-0.1, -0.05) is 13.8 Å². The highest BCUT2D eigenvalue weighted by Gasteiger charge is 2.18. The van der Waals surface area contributed by atoms with Crippen molar-refractivity contribution in [1.82, 2.24) is 15.1 Å². The van der Waals surface area contributed by atoms with Crippen LogP contribution in [-0.2, 0) is 4.79 Å². The number of rotatable bonds is 7. The Balaban J connectivity index is 3.69. The van der Waals surface area contributed by atoms with Crippen LogP contribution < -0.4 is 5.32 Å². The highest BCUT2D eigenvalue weighted by molar-refractivity contribution is 5.75. The van der Waals surface area contributed by atoms with E-state index in [9.17, 15) is 4.79 Å². The molecule has 0 atom stereocenters. The fraction of sp³-hybridized carbons (Fsp3) is 0.917. The van der Waals surface area contributed by atoms with Crippen LogP contribution in [0.4, 0.5) is 0 Å². The minimum atomic E-state index is 0.179. The minimum Gasteiger partial charge on any atom is -0.349 e. The third-order valence-corrected chi connectivity index (χ3v) is 2.36. The Morgan fingerprint density at radius 1 is 1.19 bits per heavy atom. The first kappa shape index (κ1) is 15.4. The molecule has 4 nitrogen and oxygen atoms in total. The highest BCUT2D eigenvalue weighted by Crippen LogP contribution is 2.13. The SMILES string of the molecule is CN(C)CC(C)(C)CNCCC(=O)N(C)C. The smallest absolute Gasteiger partial charge is 0.223 e. The fourth-order valence-electron chi connectivity index (χ4n) is 1.76. The normalized spacial score (nSPS) is 11.9. The van der Waals surface area contributed by atoms with Crippen LogP contribution >= 0.6 is 0 Å². The topological polar surface area (TPSA) is 35.6 Å². The van der Waals surface area contributed by atoms with Gasteiger partial charge in [0.15, 0.2) is 0 Å². The number of hydrogen-bond donors (Lipinski definition) is 1. The molecule has 1 N–H and O–H groups in total. The van der Waals surface area contributed by atoms with Gasteiger partial charge in [-0.25, -0.2) is 0 Å². The first-order valence-electron chi connectivity index (χ1n) is 5.80. The first-order chi connectivity index (χ1) is 7.24. The van der Waals surface area contributed by atoms with Crippen LogP contribution in [0.3, 0.4) is 0 Å². The second-order valence-corrected chi connectivity index (χ2v) is 5.62. The Kier molecular flexibility index (Phi) is 6.60. The summed E-state index contributed by atoms with van der Waals surface area (Å²) in [5.41, 5.74) is 0.241. The molecule has 0 saturated heterocycles. The van der Waals surface area contributed by atoms with Gasteiger partial charge >= 0.3 is 0 Å². The van der Waals surface area contributed by atoms with Gasteiger partial charge in [0.2, 0.25) is 5.91 Å². The molecular formula is C12H27N3O. The summed E-state index contributed by atoms with van der Waals surface area (Å²) in [6.07, 6.45) is 0.574. The van der Waals surface area contributed by atoms with Crippen LogP contribution in [0.5, 0.6) is 0 Å². The van der Waals surface area contributed by atoms with Crippen molar-refractivity contribution in [3.05, 3.63) is 0 Å². The van der Waals surface area contributed by atoms with E-state index in [1.54, 1.807) is 19.0 Å². The standard InChI is InChI=1S/C12H27N3O/c1-12(2,10-14(3)4)9-13-8-7-11(16)15(5)6/h13H,7-10H2,1-6H3. The predicted octanol–water partition coefficient (Wildman–Crippen LogP) is 0.642. The van der Waals surface area contributed by atoms with Gasteiger partial charge in [-0.2, -0.15) is 0 Å². The van der Waals surface area contributed by atoms with Crippen LogP contribution in [0.1, 0.15) is 20.3 Å². The van der Waals surface area contributed by atoms with Crippen LogP contribution in [0.15, 0.2) is 0 Å². The van der Waals surface area contributed by atoms with Crippen molar-refractivity contribution >= 4 is 5.91 Å². The molecule has 0 radical (unpaired) electrons. The lowest BCUT2D eigenvalue weighted by Gasteiger charge is -2.28. The molecule has 16 heavy (non-hydrogen) atoms. The van der Waals surface area contributed by atoms with Gasteiger partial charge in [-0.3, -0.25) is 4.79 Å². The average molecular weight is 229 g/mol. The Hall–Kier alpha value is -0.610. The maximum atomic E-state index is 11.3. The molecule has 0 bridgehead atoms. The summed E-state index contributed by atoms with van der Waals surface area (Å²) in [6.45, 7) is 7.20. The van der Waals surface area contributed by atoms with Crippen molar-refractivity contribution in [2.24, 2.45) is 5.41 Å². The van der Waals surface area contributed by atoms with Crippen molar-refractivity contribution in [1.29, 1.82) is 0 Å². The van der Waals surface area contributed by atoms with E-state index in [1.807, 2.05) is 0 Å². The summed E-state index contributed by atoms with van der Waals surface area (Å²) in [5.74, 6) is 0.179. The van der Waals surface area contributed by atoms with Gasteiger partial charge < -0.3 is 15.1 Å². The monoisotopic (exact) mass is 229 g/mol. The second-order valence-electron chi connectivity index (χ2n) is 5.62. The predicted molar refractivity (Wildman–Crippen MR) is 68.5 cm³/mol. The molecule has 0 aromatic rings. The number of carbonyl (C=O) groups excluding carboxylic acids is 1. The lowest BCUT2D eigenvalue weighted by molar-refractivity contribution is -0.128. The van der Waals surface area contributed by atoms with Crippen molar-refractivity contribution in [2.45, 2.75) is 20.3 Å². The zero-order chi connectivity index (χ0) is 12.8. The van der Waals surface area contributed by atoms with Gasteiger partial charge in [0, 0.05) is 40.2 Å². The summed E-state index contributed by atoms with van der Waals surface area (Å²) < 4.78 is 0. The molecule has 0 rings (SSSR count). The molecule has 0 aliphatic carbocycles. The largest absolute Gasteiger partial charge is 0.349 e. The third-order valence-electron chi connectivity index (χ3n) is 2.36. The maximum absolute atomic E-state index is 11.3. The zero-order valence-corrected chi connectivity index (χ0v) is 11.6. The Morgan fingerprint density at radius 3 is 2.19 bits per heavy atom. The number of nitrogens with one attached hydrogen (secondary N) is 1.